The zero-order chi connectivity index (χ0) is 16.0. The number of carbonyl (C=O) groups is 3. The number of rotatable bonds is 6. The van der Waals surface area contributed by atoms with Crippen LogP contribution in [0, 0.1) is 5.92 Å². The quantitative estimate of drug-likeness (QED) is 0.652. The molecule has 0 aliphatic carbocycles. The summed E-state index contributed by atoms with van der Waals surface area (Å²) in [7, 11) is 0. The highest BCUT2D eigenvalue weighted by Crippen LogP contribution is 2.19. The van der Waals surface area contributed by atoms with E-state index in [9.17, 15) is 14.4 Å². The molecular weight excluding hydrogens is 274 g/mol. The van der Waals surface area contributed by atoms with Gasteiger partial charge in [-0.2, -0.15) is 0 Å². The lowest BCUT2D eigenvalue weighted by atomic mass is 10.0. The standard InChI is InChI=1S/C14H25N3O4/c1-4-21-11(18)8-16-13(19)10-6-5-7-17(10)14(20)12(15)9(2)3/h9-10,12H,4-8,15H2,1-3H3,(H,16,19)/t10-,12-/m0/s1. The van der Waals surface area contributed by atoms with Gasteiger partial charge in [0.15, 0.2) is 0 Å². The van der Waals surface area contributed by atoms with Crippen LogP contribution >= 0.6 is 0 Å². The third-order valence-electron chi connectivity index (χ3n) is 3.55. The van der Waals surface area contributed by atoms with E-state index in [1.165, 1.54) is 4.90 Å². The van der Waals surface area contributed by atoms with Crippen LogP contribution in [0.1, 0.15) is 33.6 Å². The number of amides is 2. The second kappa shape index (κ2) is 7.97. The molecule has 120 valence electrons. The van der Waals surface area contributed by atoms with Gasteiger partial charge in [0.25, 0.3) is 0 Å². The molecule has 0 unspecified atom stereocenters. The second-order valence-corrected chi connectivity index (χ2v) is 5.48. The van der Waals surface area contributed by atoms with Crippen molar-refractivity contribution in [3.05, 3.63) is 0 Å². The summed E-state index contributed by atoms with van der Waals surface area (Å²) in [6, 6.07) is -1.15. The van der Waals surface area contributed by atoms with E-state index in [1.54, 1.807) is 6.92 Å². The summed E-state index contributed by atoms with van der Waals surface area (Å²) in [6.07, 6.45) is 1.35. The molecule has 0 aromatic rings. The molecule has 2 atom stereocenters. The van der Waals surface area contributed by atoms with Gasteiger partial charge in [0.2, 0.25) is 11.8 Å². The lowest BCUT2D eigenvalue weighted by molar-refractivity contribution is -0.144. The predicted molar refractivity (Wildman–Crippen MR) is 77.2 cm³/mol. The molecule has 0 spiro atoms. The minimum Gasteiger partial charge on any atom is -0.465 e. The molecule has 2 amide bonds. The molecule has 7 nitrogen and oxygen atoms in total. The number of ether oxygens (including phenoxy) is 1. The summed E-state index contributed by atoms with van der Waals surface area (Å²) < 4.78 is 4.74. The molecule has 0 radical (unpaired) electrons. The molecule has 1 aliphatic heterocycles. The summed E-state index contributed by atoms with van der Waals surface area (Å²) in [5, 5.41) is 2.51. The molecule has 7 heteroatoms. The normalized spacial score (nSPS) is 19.5. The minimum absolute atomic E-state index is 0.0151. The summed E-state index contributed by atoms with van der Waals surface area (Å²) in [5.41, 5.74) is 5.87. The number of esters is 1. The summed E-state index contributed by atoms with van der Waals surface area (Å²) in [6.45, 7) is 6.05. The van der Waals surface area contributed by atoms with Gasteiger partial charge in [-0.3, -0.25) is 14.4 Å². The number of likely N-dealkylation sites (tertiary alicyclic amines) is 1. The van der Waals surface area contributed by atoms with E-state index in [2.05, 4.69) is 5.32 Å². The van der Waals surface area contributed by atoms with Crippen LogP contribution in [0.2, 0.25) is 0 Å². The first-order chi connectivity index (χ1) is 9.88. The molecule has 1 heterocycles. The molecule has 1 saturated heterocycles. The Morgan fingerprint density at radius 1 is 1.38 bits per heavy atom. The van der Waals surface area contributed by atoms with E-state index in [-0.39, 0.29) is 30.9 Å². The maximum atomic E-state index is 12.3. The molecule has 0 aromatic carbocycles. The smallest absolute Gasteiger partial charge is 0.325 e. The Balaban J connectivity index is 2.58. The number of hydrogen-bond acceptors (Lipinski definition) is 5. The fourth-order valence-electron chi connectivity index (χ4n) is 2.27. The Morgan fingerprint density at radius 2 is 2.05 bits per heavy atom. The van der Waals surface area contributed by atoms with Crippen LogP contribution in [0.5, 0.6) is 0 Å². The van der Waals surface area contributed by atoms with Gasteiger partial charge in [-0.15, -0.1) is 0 Å². The Labute approximate surface area is 125 Å². The highest BCUT2D eigenvalue weighted by molar-refractivity contribution is 5.91. The molecule has 21 heavy (non-hydrogen) atoms. The van der Waals surface area contributed by atoms with Gasteiger partial charge >= 0.3 is 5.97 Å². The van der Waals surface area contributed by atoms with Crippen molar-refractivity contribution >= 4 is 17.8 Å². The van der Waals surface area contributed by atoms with Crippen molar-refractivity contribution in [1.29, 1.82) is 0 Å². The number of nitrogens with zero attached hydrogens (tertiary/aromatic N) is 1. The molecule has 0 bridgehead atoms. The van der Waals surface area contributed by atoms with Crippen molar-refractivity contribution < 1.29 is 19.1 Å². The van der Waals surface area contributed by atoms with E-state index < -0.39 is 18.1 Å². The maximum absolute atomic E-state index is 12.3. The average Bonchev–Trinajstić information content (AvgIpc) is 2.92. The van der Waals surface area contributed by atoms with Gasteiger partial charge in [-0.25, -0.2) is 0 Å². The first-order valence-corrected chi connectivity index (χ1v) is 7.37. The Kier molecular flexibility index (Phi) is 6.61. The lowest BCUT2D eigenvalue weighted by Gasteiger charge is -2.28. The summed E-state index contributed by atoms with van der Waals surface area (Å²) in [5.74, 6) is -1.01. The van der Waals surface area contributed by atoms with Crippen molar-refractivity contribution in [3.63, 3.8) is 0 Å². The zero-order valence-corrected chi connectivity index (χ0v) is 12.9. The van der Waals surface area contributed by atoms with E-state index in [4.69, 9.17) is 10.5 Å². The van der Waals surface area contributed by atoms with Gasteiger partial charge in [-0.1, -0.05) is 13.8 Å². The molecule has 3 N–H and O–H groups in total. The van der Waals surface area contributed by atoms with Crippen LogP contribution in [-0.4, -0.2) is 54.5 Å². The maximum Gasteiger partial charge on any atom is 0.325 e. The topological polar surface area (TPSA) is 102 Å². The van der Waals surface area contributed by atoms with Crippen LogP contribution in [0.15, 0.2) is 0 Å². The van der Waals surface area contributed by atoms with Crippen LogP contribution < -0.4 is 11.1 Å². The fourth-order valence-corrected chi connectivity index (χ4v) is 2.27. The monoisotopic (exact) mass is 299 g/mol. The summed E-state index contributed by atoms with van der Waals surface area (Å²) >= 11 is 0. The van der Waals surface area contributed by atoms with Gasteiger partial charge in [0.1, 0.15) is 12.6 Å². The lowest BCUT2D eigenvalue weighted by Crippen LogP contribution is -2.53. The van der Waals surface area contributed by atoms with E-state index >= 15 is 0 Å². The van der Waals surface area contributed by atoms with Crippen molar-refractivity contribution in [2.24, 2.45) is 11.7 Å². The molecule has 1 fully saturated rings. The van der Waals surface area contributed by atoms with Gasteiger partial charge < -0.3 is 20.7 Å². The van der Waals surface area contributed by atoms with E-state index in [0.29, 0.717) is 13.0 Å². The van der Waals surface area contributed by atoms with E-state index in [0.717, 1.165) is 6.42 Å². The van der Waals surface area contributed by atoms with Crippen LogP contribution in [0.25, 0.3) is 0 Å². The van der Waals surface area contributed by atoms with E-state index in [1.807, 2.05) is 13.8 Å². The SMILES string of the molecule is CCOC(=O)CNC(=O)[C@@H]1CCCN1C(=O)[C@@H](N)C(C)C. The van der Waals surface area contributed by atoms with Crippen molar-refractivity contribution in [2.45, 2.75) is 45.7 Å². The molecule has 0 saturated carbocycles. The van der Waals surface area contributed by atoms with Gasteiger partial charge in [0.05, 0.1) is 12.6 Å². The third-order valence-corrected chi connectivity index (χ3v) is 3.55. The van der Waals surface area contributed by atoms with Crippen molar-refractivity contribution in [1.82, 2.24) is 10.2 Å². The molecule has 0 aromatic heterocycles. The number of nitrogens with one attached hydrogen (secondary N) is 1. The van der Waals surface area contributed by atoms with Crippen LogP contribution in [-0.2, 0) is 19.1 Å². The Hall–Kier alpha value is -1.63. The minimum atomic E-state index is -0.608. The number of nitrogens with two attached hydrogens (primary N) is 1. The van der Waals surface area contributed by atoms with Crippen molar-refractivity contribution in [2.75, 3.05) is 19.7 Å². The number of hydrogen-bond donors (Lipinski definition) is 2. The second-order valence-electron chi connectivity index (χ2n) is 5.48. The van der Waals surface area contributed by atoms with Crippen LogP contribution in [0.4, 0.5) is 0 Å². The molecule has 1 aliphatic rings. The number of carbonyl (C=O) groups excluding carboxylic acids is 3. The third kappa shape index (κ3) is 4.70. The Bertz CT molecular complexity index is 398. The highest BCUT2D eigenvalue weighted by Gasteiger charge is 2.36. The average molecular weight is 299 g/mol. The largest absolute Gasteiger partial charge is 0.465 e. The fraction of sp³-hybridized carbons (Fsp3) is 0.786. The van der Waals surface area contributed by atoms with Gasteiger partial charge in [-0.05, 0) is 25.7 Å². The Morgan fingerprint density at radius 3 is 2.62 bits per heavy atom. The first-order valence-electron chi connectivity index (χ1n) is 7.37. The molecule has 1 rings (SSSR count). The summed E-state index contributed by atoms with van der Waals surface area (Å²) in [4.78, 5) is 37.1. The van der Waals surface area contributed by atoms with Crippen molar-refractivity contribution in [3.8, 4) is 0 Å². The van der Waals surface area contributed by atoms with Crippen LogP contribution in [0.3, 0.4) is 0 Å². The molecular formula is C14H25N3O4. The highest BCUT2D eigenvalue weighted by atomic mass is 16.5. The zero-order valence-electron chi connectivity index (χ0n) is 12.9. The first kappa shape index (κ1) is 17.4. The predicted octanol–water partition coefficient (Wildman–Crippen LogP) is -0.360. The van der Waals surface area contributed by atoms with Gasteiger partial charge in [0, 0.05) is 6.54 Å².